The molecule has 5 nitrogen and oxygen atoms in total. The van der Waals surface area contributed by atoms with E-state index in [4.69, 9.17) is 10.6 Å². The highest BCUT2D eigenvalue weighted by atomic mass is 16.7. The average molecular weight is 261 g/mol. The van der Waals surface area contributed by atoms with Crippen LogP contribution >= 0.6 is 0 Å². The summed E-state index contributed by atoms with van der Waals surface area (Å²) >= 11 is 0. The zero-order chi connectivity index (χ0) is 13.7. The van der Waals surface area contributed by atoms with Crippen LogP contribution < -0.4 is 11.2 Å². The largest absolute Gasteiger partial charge is 0.371 e. The molecule has 0 saturated heterocycles. The van der Waals surface area contributed by atoms with Gasteiger partial charge in [-0.2, -0.15) is 5.48 Å². The SMILES string of the molecule is Cn1cc(CCC(=O)ONCCN)c2ccccc21. The van der Waals surface area contributed by atoms with Crippen LogP contribution in [0.1, 0.15) is 12.0 Å². The van der Waals surface area contributed by atoms with Gasteiger partial charge in [-0.15, -0.1) is 0 Å². The highest BCUT2D eigenvalue weighted by Crippen LogP contribution is 2.21. The first-order valence-electron chi connectivity index (χ1n) is 6.38. The van der Waals surface area contributed by atoms with Crippen LogP contribution in [0.5, 0.6) is 0 Å². The molecule has 3 N–H and O–H groups in total. The van der Waals surface area contributed by atoms with Crippen molar-refractivity contribution in [1.82, 2.24) is 10.0 Å². The highest BCUT2D eigenvalue weighted by Gasteiger charge is 2.09. The molecule has 0 radical (unpaired) electrons. The van der Waals surface area contributed by atoms with Gasteiger partial charge in [0.2, 0.25) is 0 Å². The molecule has 1 heterocycles. The minimum absolute atomic E-state index is 0.263. The molecular weight excluding hydrogens is 242 g/mol. The number of hydrogen-bond donors (Lipinski definition) is 2. The molecule has 0 bridgehead atoms. The zero-order valence-electron chi connectivity index (χ0n) is 11.1. The Kier molecular flexibility index (Phi) is 4.54. The van der Waals surface area contributed by atoms with Crippen molar-refractivity contribution >= 4 is 16.9 Å². The van der Waals surface area contributed by atoms with Crippen molar-refractivity contribution in [2.45, 2.75) is 12.8 Å². The van der Waals surface area contributed by atoms with Gasteiger partial charge in [0.05, 0.1) is 6.42 Å². The van der Waals surface area contributed by atoms with Crippen LogP contribution in [-0.4, -0.2) is 23.6 Å². The quantitative estimate of drug-likeness (QED) is 0.604. The number of rotatable bonds is 6. The number of nitrogens with one attached hydrogen (secondary N) is 1. The second kappa shape index (κ2) is 6.36. The van der Waals surface area contributed by atoms with E-state index in [0.717, 1.165) is 5.56 Å². The molecule has 1 aromatic carbocycles. The summed E-state index contributed by atoms with van der Waals surface area (Å²) in [7, 11) is 2.01. The van der Waals surface area contributed by atoms with Crippen LogP contribution in [0.3, 0.4) is 0 Å². The minimum Gasteiger partial charge on any atom is -0.371 e. The van der Waals surface area contributed by atoms with Crippen LogP contribution in [0.2, 0.25) is 0 Å². The van der Waals surface area contributed by atoms with Gasteiger partial charge in [0.15, 0.2) is 0 Å². The van der Waals surface area contributed by atoms with Gasteiger partial charge in [0.1, 0.15) is 0 Å². The lowest BCUT2D eigenvalue weighted by atomic mass is 10.1. The Morgan fingerprint density at radius 2 is 2.21 bits per heavy atom. The maximum absolute atomic E-state index is 11.5. The number of carbonyl (C=O) groups is 1. The summed E-state index contributed by atoms with van der Waals surface area (Å²) in [5.74, 6) is -0.263. The van der Waals surface area contributed by atoms with Gasteiger partial charge in [0, 0.05) is 37.2 Å². The van der Waals surface area contributed by atoms with Crippen molar-refractivity contribution in [3.63, 3.8) is 0 Å². The van der Waals surface area contributed by atoms with Crippen molar-refractivity contribution in [3.8, 4) is 0 Å². The number of aryl methyl sites for hydroxylation is 2. The molecule has 0 atom stereocenters. The van der Waals surface area contributed by atoms with E-state index in [2.05, 4.69) is 28.4 Å². The first-order chi connectivity index (χ1) is 9.22. The molecule has 0 aliphatic heterocycles. The Hall–Kier alpha value is -1.85. The van der Waals surface area contributed by atoms with E-state index in [9.17, 15) is 4.79 Å². The molecule has 0 aliphatic carbocycles. The average Bonchev–Trinajstić information content (AvgIpc) is 2.74. The molecular formula is C14H19N3O2. The van der Waals surface area contributed by atoms with E-state index in [1.54, 1.807) is 0 Å². The predicted octanol–water partition coefficient (Wildman–Crippen LogP) is 1.12. The summed E-state index contributed by atoms with van der Waals surface area (Å²) < 4.78 is 2.07. The van der Waals surface area contributed by atoms with Crippen LogP contribution in [0.25, 0.3) is 10.9 Å². The molecule has 0 spiro atoms. The lowest BCUT2D eigenvalue weighted by Gasteiger charge is -2.03. The number of benzene rings is 1. The Morgan fingerprint density at radius 3 is 3.00 bits per heavy atom. The monoisotopic (exact) mass is 261 g/mol. The molecule has 0 unspecified atom stereocenters. The second-order valence-corrected chi connectivity index (χ2v) is 4.44. The topological polar surface area (TPSA) is 69.3 Å². The number of para-hydroxylation sites is 1. The first kappa shape index (κ1) is 13.6. The standard InChI is InChI=1S/C14H19N3O2/c1-17-10-11(12-4-2-3-5-13(12)17)6-7-14(18)19-16-9-8-15/h2-5,10,16H,6-9,15H2,1H3. The van der Waals surface area contributed by atoms with E-state index < -0.39 is 0 Å². The molecule has 2 rings (SSSR count). The van der Waals surface area contributed by atoms with Gasteiger partial charge in [-0.05, 0) is 18.1 Å². The maximum atomic E-state index is 11.5. The Morgan fingerprint density at radius 1 is 1.42 bits per heavy atom. The molecule has 0 saturated carbocycles. The van der Waals surface area contributed by atoms with E-state index >= 15 is 0 Å². The third-order valence-corrected chi connectivity index (χ3v) is 3.01. The molecule has 1 aromatic heterocycles. The van der Waals surface area contributed by atoms with Crippen LogP contribution in [0.4, 0.5) is 0 Å². The first-order valence-corrected chi connectivity index (χ1v) is 6.38. The second-order valence-electron chi connectivity index (χ2n) is 4.44. The third kappa shape index (κ3) is 3.33. The normalized spacial score (nSPS) is 10.8. The van der Waals surface area contributed by atoms with E-state index in [0.29, 0.717) is 25.9 Å². The molecule has 0 aliphatic rings. The van der Waals surface area contributed by atoms with Gasteiger partial charge in [-0.1, -0.05) is 18.2 Å². The summed E-state index contributed by atoms with van der Waals surface area (Å²) in [5, 5.41) is 1.19. The van der Waals surface area contributed by atoms with Gasteiger partial charge in [0.25, 0.3) is 0 Å². The lowest BCUT2D eigenvalue weighted by molar-refractivity contribution is -0.150. The van der Waals surface area contributed by atoms with E-state index in [1.807, 2.05) is 19.2 Å². The molecule has 0 fully saturated rings. The predicted molar refractivity (Wildman–Crippen MR) is 74.4 cm³/mol. The maximum Gasteiger partial charge on any atom is 0.325 e. The van der Waals surface area contributed by atoms with Crippen molar-refractivity contribution in [2.75, 3.05) is 13.1 Å². The number of hydroxylamine groups is 1. The Bertz CT molecular complexity index is 563. The van der Waals surface area contributed by atoms with Gasteiger partial charge >= 0.3 is 5.97 Å². The van der Waals surface area contributed by atoms with Gasteiger partial charge in [-0.3, -0.25) is 4.79 Å². The fourth-order valence-corrected chi connectivity index (χ4v) is 2.10. The van der Waals surface area contributed by atoms with Gasteiger partial charge < -0.3 is 15.1 Å². The summed E-state index contributed by atoms with van der Waals surface area (Å²) in [4.78, 5) is 16.3. The number of nitrogens with two attached hydrogens (primary N) is 1. The number of carbonyl (C=O) groups excluding carboxylic acids is 1. The third-order valence-electron chi connectivity index (χ3n) is 3.01. The summed E-state index contributed by atoms with van der Waals surface area (Å²) in [6, 6.07) is 8.16. The number of hydrogen-bond acceptors (Lipinski definition) is 4. The highest BCUT2D eigenvalue weighted by molar-refractivity contribution is 5.84. The smallest absolute Gasteiger partial charge is 0.325 e. The summed E-state index contributed by atoms with van der Waals surface area (Å²) in [5.41, 5.74) is 10.2. The van der Waals surface area contributed by atoms with Crippen LogP contribution in [0.15, 0.2) is 30.5 Å². The number of fused-ring (bicyclic) bond motifs is 1. The fraction of sp³-hybridized carbons (Fsp3) is 0.357. The van der Waals surface area contributed by atoms with Crippen molar-refractivity contribution in [1.29, 1.82) is 0 Å². The Labute approximate surface area is 112 Å². The minimum atomic E-state index is -0.263. The fourth-order valence-electron chi connectivity index (χ4n) is 2.10. The van der Waals surface area contributed by atoms with Crippen LogP contribution in [-0.2, 0) is 23.1 Å². The number of nitrogens with zero attached hydrogens (tertiary/aromatic N) is 1. The van der Waals surface area contributed by atoms with Crippen molar-refractivity contribution in [3.05, 3.63) is 36.0 Å². The molecule has 5 heteroatoms. The van der Waals surface area contributed by atoms with Gasteiger partial charge in [-0.25, -0.2) is 0 Å². The molecule has 2 aromatic rings. The Balaban J connectivity index is 1.96. The van der Waals surface area contributed by atoms with Crippen LogP contribution in [0, 0.1) is 0 Å². The summed E-state index contributed by atoms with van der Waals surface area (Å²) in [6.45, 7) is 0.913. The number of aromatic nitrogens is 1. The molecule has 0 amide bonds. The van der Waals surface area contributed by atoms with Crippen molar-refractivity contribution < 1.29 is 9.63 Å². The lowest BCUT2D eigenvalue weighted by Crippen LogP contribution is -2.26. The molecule has 102 valence electrons. The van der Waals surface area contributed by atoms with E-state index in [1.165, 1.54) is 10.9 Å². The molecule has 19 heavy (non-hydrogen) atoms. The zero-order valence-corrected chi connectivity index (χ0v) is 11.1. The van der Waals surface area contributed by atoms with E-state index in [-0.39, 0.29) is 5.97 Å². The summed E-state index contributed by atoms with van der Waals surface area (Å²) in [6.07, 6.45) is 3.08. The van der Waals surface area contributed by atoms with Crippen molar-refractivity contribution in [2.24, 2.45) is 12.8 Å².